The minimum absolute atomic E-state index is 0.419. The molecule has 0 aliphatic carbocycles. The fourth-order valence-electron chi connectivity index (χ4n) is 5.62. The highest BCUT2D eigenvalue weighted by molar-refractivity contribution is 7.26. The van der Waals surface area contributed by atoms with Gasteiger partial charge in [-0.25, -0.2) is 15.0 Å². The van der Waals surface area contributed by atoms with Crippen molar-refractivity contribution in [3.8, 4) is 22.8 Å². The van der Waals surface area contributed by atoms with Crippen LogP contribution >= 0.6 is 11.3 Å². The Bertz CT molecular complexity index is 2280. The molecule has 6 nitrogen and oxygen atoms in total. The summed E-state index contributed by atoms with van der Waals surface area (Å²) in [4.78, 5) is 14.4. The van der Waals surface area contributed by atoms with E-state index >= 15 is 0 Å². The van der Waals surface area contributed by atoms with Crippen LogP contribution < -0.4 is 5.43 Å². The number of thiophene rings is 1. The molecule has 0 unspecified atom stereocenters. The smallest absolute Gasteiger partial charge is 0.167 e. The van der Waals surface area contributed by atoms with Crippen molar-refractivity contribution < 1.29 is 0 Å². The van der Waals surface area contributed by atoms with Gasteiger partial charge >= 0.3 is 0 Å². The maximum Gasteiger partial charge on any atom is 0.167 e. The van der Waals surface area contributed by atoms with E-state index in [-0.39, 0.29) is 0 Å². The molecule has 0 aliphatic rings. The Kier molecular flexibility index (Phi) is 6.02. The van der Waals surface area contributed by atoms with Crippen molar-refractivity contribution in [2.75, 3.05) is 5.43 Å². The van der Waals surface area contributed by atoms with Crippen LogP contribution in [-0.2, 0) is 0 Å². The summed E-state index contributed by atoms with van der Waals surface area (Å²) in [6.45, 7) is 0. The second-order valence-corrected chi connectivity index (χ2v) is 11.3. The average Bonchev–Trinajstić information content (AvgIpc) is 3.61. The summed E-state index contributed by atoms with van der Waals surface area (Å²) in [5.41, 5.74) is 7.90. The van der Waals surface area contributed by atoms with Gasteiger partial charge in [0, 0.05) is 54.5 Å². The van der Waals surface area contributed by atoms with E-state index in [0.717, 1.165) is 22.2 Å². The summed E-state index contributed by atoms with van der Waals surface area (Å²) >= 11 is 1.82. The Morgan fingerprint density at radius 1 is 0.628 bits per heavy atom. The molecular weight excluding hydrogens is 549 g/mol. The third-order valence-corrected chi connectivity index (χ3v) is 8.85. The van der Waals surface area contributed by atoms with Gasteiger partial charge < -0.3 is 10.8 Å². The van der Waals surface area contributed by atoms with Gasteiger partial charge in [-0.1, -0.05) is 103 Å². The molecule has 0 amide bonds. The van der Waals surface area contributed by atoms with Crippen molar-refractivity contribution in [2.24, 2.45) is 0 Å². The molecule has 43 heavy (non-hydrogen) atoms. The van der Waals surface area contributed by atoms with E-state index in [4.69, 9.17) is 20.4 Å². The Hall–Kier alpha value is -5.66. The highest BCUT2D eigenvalue weighted by Gasteiger charge is 2.17. The second-order valence-electron chi connectivity index (χ2n) is 10.2. The van der Waals surface area contributed by atoms with Crippen LogP contribution in [0.25, 0.3) is 70.3 Å². The van der Waals surface area contributed by atoms with E-state index < -0.39 is 0 Å². The van der Waals surface area contributed by atoms with Crippen molar-refractivity contribution in [3.63, 3.8) is 0 Å². The fourth-order valence-corrected chi connectivity index (χ4v) is 6.88. The van der Waals surface area contributed by atoms with Gasteiger partial charge in [-0.2, -0.15) is 0 Å². The largest absolute Gasteiger partial charge is 0.308 e. The van der Waals surface area contributed by atoms with E-state index in [2.05, 4.69) is 64.7 Å². The lowest BCUT2D eigenvalue weighted by Gasteiger charge is -2.10. The molecule has 8 aromatic rings. The van der Waals surface area contributed by atoms with Gasteiger partial charge in [-0.15, -0.1) is 11.3 Å². The van der Waals surface area contributed by atoms with E-state index in [1.54, 1.807) is 6.20 Å². The number of hydrogen-bond acceptors (Lipinski definition) is 6. The van der Waals surface area contributed by atoms with Gasteiger partial charge in [-0.3, -0.25) is 4.68 Å². The number of fused-ring (bicyclic) bond motifs is 7. The molecule has 0 bridgehead atoms. The molecule has 0 radical (unpaired) electrons. The molecule has 0 atom stereocenters. The van der Waals surface area contributed by atoms with Crippen LogP contribution in [0, 0.1) is 5.41 Å². The van der Waals surface area contributed by atoms with Crippen LogP contribution in [0.2, 0.25) is 0 Å². The molecule has 0 fully saturated rings. The van der Waals surface area contributed by atoms with Gasteiger partial charge in [0.05, 0.1) is 16.6 Å². The van der Waals surface area contributed by atoms with Crippen LogP contribution in [0.3, 0.4) is 0 Å². The Morgan fingerprint density at radius 3 is 1.95 bits per heavy atom. The molecule has 0 aliphatic heterocycles. The lowest BCUT2D eigenvalue weighted by atomic mass is 10.1. The van der Waals surface area contributed by atoms with E-state index in [0.29, 0.717) is 23.0 Å². The number of aromatic nitrogens is 4. The maximum absolute atomic E-state index is 8.33. The van der Waals surface area contributed by atoms with E-state index in [9.17, 15) is 0 Å². The number of hydrogen-bond donors (Lipinski definition) is 2. The van der Waals surface area contributed by atoms with Gasteiger partial charge in [0.1, 0.15) is 0 Å². The van der Waals surface area contributed by atoms with E-state index in [1.165, 1.54) is 37.2 Å². The number of allylic oxidation sites excluding steroid dienone is 1. The van der Waals surface area contributed by atoms with Crippen LogP contribution in [-0.4, -0.2) is 25.8 Å². The molecule has 8 rings (SSSR count). The lowest BCUT2D eigenvalue weighted by Crippen LogP contribution is -2.10. The zero-order chi connectivity index (χ0) is 28.8. The first-order chi connectivity index (χ1) is 21.3. The third kappa shape index (κ3) is 4.26. The molecular formula is C36H24N6S. The Balaban J connectivity index is 1.29. The second kappa shape index (κ2) is 10.3. The number of nitrogens with zero attached hydrogens (tertiary/aromatic N) is 4. The number of rotatable bonds is 6. The Labute approximate surface area is 251 Å². The van der Waals surface area contributed by atoms with Crippen molar-refractivity contribution in [1.29, 1.82) is 5.41 Å². The van der Waals surface area contributed by atoms with Gasteiger partial charge in [0.25, 0.3) is 0 Å². The van der Waals surface area contributed by atoms with Crippen molar-refractivity contribution in [3.05, 3.63) is 133 Å². The maximum atomic E-state index is 8.33. The average molecular weight is 573 g/mol. The summed E-state index contributed by atoms with van der Waals surface area (Å²) in [5, 5.41) is 13.3. The summed E-state index contributed by atoms with van der Waals surface area (Å²) in [5.74, 6) is 1.53. The van der Waals surface area contributed by atoms with Gasteiger partial charge in [-0.05, 0) is 18.2 Å². The number of para-hydroxylation sites is 1. The van der Waals surface area contributed by atoms with Crippen molar-refractivity contribution >= 4 is 65.1 Å². The molecule has 2 N–H and O–H groups in total. The predicted octanol–water partition coefficient (Wildman–Crippen LogP) is 8.92. The molecule has 5 aromatic carbocycles. The summed E-state index contributed by atoms with van der Waals surface area (Å²) in [7, 11) is 0. The molecule has 0 spiro atoms. The highest BCUT2D eigenvalue weighted by Crippen LogP contribution is 2.41. The predicted molar refractivity (Wildman–Crippen MR) is 179 cm³/mol. The van der Waals surface area contributed by atoms with Gasteiger partial charge in [0.2, 0.25) is 0 Å². The van der Waals surface area contributed by atoms with Crippen molar-refractivity contribution in [1.82, 2.24) is 19.6 Å². The first-order valence-corrected chi connectivity index (χ1v) is 14.8. The molecule has 204 valence electrons. The summed E-state index contributed by atoms with van der Waals surface area (Å²) < 4.78 is 4.62. The minimum Gasteiger partial charge on any atom is -0.308 e. The zero-order valence-electron chi connectivity index (χ0n) is 22.9. The fraction of sp³-hybridized carbons (Fsp3) is 0. The Morgan fingerprint density at radius 2 is 1.26 bits per heavy atom. The third-order valence-electron chi connectivity index (χ3n) is 7.64. The standard InChI is InChI=1S/C36H24N6S/c37-21-25(36-40-34(23-11-3-1-4-12-23)39-35(41-36)24-13-5-2-6-14-24)22-38-42-29-17-9-7-16-28(29)32-30(42)20-19-27-26-15-8-10-18-31(26)43-33(27)32/h1-22,37-38H/b25-22+,37-21?. The molecule has 0 saturated carbocycles. The highest BCUT2D eigenvalue weighted by atomic mass is 32.1. The topological polar surface area (TPSA) is 79.5 Å². The number of nitrogens with one attached hydrogen (secondary N) is 2. The monoisotopic (exact) mass is 572 g/mol. The normalized spacial score (nSPS) is 12.0. The van der Waals surface area contributed by atoms with E-state index in [1.807, 2.05) is 78.1 Å². The van der Waals surface area contributed by atoms with Crippen LogP contribution in [0.15, 0.2) is 128 Å². The van der Waals surface area contributed by atoms with Gasteiger partial charge in [0.15, 0.2) is 17.5 Å². The lowest BCUT2D eigenvalue weighted by molar-refractivity contribution is 1.03. The first-order valence-electron chi connectivity index (χ1n) is 14.0. The molecule has 0 saturated heterocycles. The SMILES string of the molecule is N=C/C(=C\Nn1c2ccccc2c2c3sc4ccccc4c3ccc21)c1nc(-c2ccccc2)nc(-c2ccccc2)n1. The quantitative estimate of drug-likeness (QED) is 0.195. The minimum atomic E-state index is 0.419. The van der Waals surface area contributed by atoms with Crippen LogP contribution in [0.4, 0.5) is 0 Å². The first kappa shape index (κ1) is 25.1. The molecule has 7 heteroatoms. The van der Waals surface area contributed by atoms with Crippen molar-refractivity contribution in [2.45, 2.75) is 0 Å². The zero-order valence-corrected chi connectivity index (χ0v) is 23.7. The summed E-state index contributed by atoms with van der Waals surface area (Å²) in [6, 6.07) is 41.1. The number of benzene rings is 5. The van der Waals surface area contributed by atoms with Crippen LogP contribution in [0.5, 0.6) is 0 Å². The van der Waals surface area contributed by atoms with Crippen LogP contribution in [0.1, 0.15) is 5.82 Å². The molecule has 3 heterocycles. The summed E-state index contributed by atoms with van der Waals surface area (Å²) in [6.07, 6.45) is 3.08. The molecule has 3 aromatic heterocycles.